The molecule has 0 spiro atoms. The number of nitrogens with zero attached hydrogens (tertiary/aromatic N) is 4. The van der Waals surface area contributed by atoms with Gasteiger partial charge < -0.3 is 14.8 Å². The third-order valence-corrected chi connectivity index (χ3v) is 5.09. The van der Waals surface area contributed by atoms with Gasteiger partial charge in [0.1, 0.15) is 23.9 Å². The van der Waals surface area contributed by atoms with Gasteiger partial charge in [0.15, 0.2) is 5.65 Å². The number of methoxy groups -OCH3 is 2. The Morgan fingerprint density at radius 3 is 2.53 bits per heavy atom. The molecule has 0 aliphatic rings. The van der Waals surface area contributed by atoms with E-state index in [0.29, 0.717) is 33.6 Å². The first-order chi connectivity index (χ1) is 15.4. The topological polar surface area (TPSA) is 99.8 Å². The van der Waals surface area contributed by atoms with Crippen molar-refractivity contribution in [3.05, 3.63) is 69.9 Å². The molecule has 9 nitrogen and oxygen atoms in total. The molecule has 32 heavy (non-hydrogen) atoms. The van der Waals surface area contributed by atoms with Crippen LogP contribution in [0.5, 0.6) is 11.5 Å². The molecule has 0 aliphatic carbocycles. The van der Waals surface area contributed by atoms with Crippen LogP contribution in [0, 0.1) is 6.92 Å². The van der Waals surface area contributed by atoms with Crippen LogP contribution in [0.15, 0.2) is 53.3 Å². The fourth-order valence-electron chi connectivity index (χ4n) is 3.32. The zero-order valence-corrected chi connectivity index (χ0v) is 18.4. The fourth-order valence-corrected chi connectivity index (χ4v) is 3.49. The van der Waals surface area contributed by atoms with Crippen LogP contribution in [0.3, 0.4) is 0 Å². The number of aromatic nitrogens is 4. The number of nitrogens with one attached hydrogen (secondary N) is 1. The van der Waals surface area contributed by atoms with Crippen molar-refractivity contribution in [1.82, 2.24) is 19.2 Å². The maximum Gasteiger partial charge on any atom is 0.352 e. The van der Waals surface area contributed by atoms with Crippen LogP contribution in [0.4, 0.5) is 5.69 Å². The predicted molar refractivity (Wildman–Crippen MR) is 121 cm³/mol. The van der Waals surface area contributed by atoms with Gasteiger partial charge in [0.25, 0.3) is 0 Å². The van der Waals surface area contributed by atoms with Gasteiger partial charge in [0.05, 0.1) is 25.6 Å². The molecule has 2 aromatic carbocycles. The molecule has 0 aliphatic heterocycles. The van der Waals surface area contributed by atoms with Gasteiger partial charge in [0.2, 0.25) is 5.91 Å². The Kier molecular flexibility index (Phi) is 5.83. The van der Waals surface area contributed by atoms with Crippen molar-refractivity contribution >= 4 is 28.8 Å². The van der Waals surface area contributed by atoms with E-state index in [1.165, 1.54) is 11.5 Å². The highest BCUT2D eigenvalue weighted by molar-refractivity contribution is 6.31. The van der Waals surface area contributed by atoms with Gasteiger partial charge in [-0.3, -0.25) is 4.79 Å². The van der Waals surface area contributed by atoms with Crippen LogP contribution in [0.1, 0.15) is 5.82 Å². The van der Waals surface area contributed by atoms with Gasteiger partial charge in [0, 0.05) is 16.7 Å². The minimum Gasteiger partial charge on any atom is -0.497 e. The maximum absolute atomic E-state index is 12.8. The van der Waals surface area contributed by atoms with Gasteiger partial charge >= 0.3 is 5.69 Å². The molecule has 2 aromatic heterocycles. The summed E-state index contributed by atoms with van der Waals surface area (Å²) in [6.07, 6.45) is 0. The van der Waals surface area contributed by atoms with Gasteiger partial charge in [-0.25, -0.2) is 18.9 Å². The van der Waals surface area contributed by atoms with E-state index in [1.807, 2.05) is 24.3 Å². The fraction of sp³-hybridized carbons (Fsp3) is 0.182. The van der Waals surface area contributed by atoms with Crippen LogP contribution in [0.25, 0.3) is 16.9 Å². The Bertz CT molecular complexity index is 1360. The molecular weight excluding hydrogens is 434 g/mol. The first kappa shape index (κ1) is 21.4. The van der Waals surface area contributed by atoms with E-state index in [-0.39, 0.29) is 6.54 Å². The molecular formula is C22H20ClN5O4. The summed E-state index contributed by atoms with van der Waals surface area (Å²) in [6, 6.07) is 14.0. The number of hydrogen-bond donors (Lipinski definition) is 1. The van der Waals surface area contributed by atoms with Crippen molar-refractivity contribution in [3.8, 4) is 22.8 Å². The van der Waals surface area contributed by atoms with Crippen LogP contribution in [-0.4, -0.2) is 39.3 Å². The number of carbonyl (C=O) groups excluding carboxylic acids is 1. The summed E-state index contributed by atoms with van der Waals surface area (Å²) >= 11 is 6.00. The standard InChI is InChI=1S/C22H20ClN5O4/c1-13-24-17(14-4-7-16(31-2)8-5-14)11-20-26-27(22(30)28(13)20)12-21(29)25-18-10-15(23)6-9-19(18)32-3/h4-11H,12H2,1-3H3,(H,25,29). The number of halogens is 1. The summed E-state index contributed by atoms with van der Waals surface area (Å²) < 4.78 is 12.9. The first-order valence-electron chi connectivity index (χ1n) is 9.64. The zero-order chi connectivity index (χ0) is 22.8. The normalized spacial score (nSPS) is 10.9. The first-order valence-corrected chi connectivity index (χ1v) is 10.0. The zero-order valence-electron chi connectivity index (χ0n) is 17.6. The quantitative estimate of drug-likeness (QED) is 0.481. The smallest absolute Gasteiger partial charge is 0.352 e. The van der Waals surface area contributed by atoms with Gasteiger partial charge in [-0.1, -0.05) is 11.6 Å². The lowest BCUT2D eigenvalue weighted by atomic mass is 10.1. The molecule has 0 radical (unpaired) electrons. The Balaban J connectivity index is 1.63. The van der Waals surface area contributed by atoms with E-state index < -0.39 is 11.6 Å². The van der Waals surface area contributed by atoms with Crippen LogP contribution >= 0.6 is 11.6 Å². The minimum atomic E-state index is -0.459. The van der Waals surface area contributed by atoms with E-state index in [4.69, 9.17) is 21.1 Å². The van der Waals surface area contributed by atoms with Crippen molar-refractivity contribution in [1.29, 1.82) is 0 Å². The number of carbonyl (C=O) groups is 1. The molecule has 164 valence electrons. The predicted octanol–water partition coefficient (Wildman–Crippen LogP) is 3.18. The summed E-state index contributed by atoms with van der Waals surface area (Å²) in [5, 5.41) is 7.46. The lowest BCUT2D eigenvalue weighted by Gasteiger charge is -2.10. The molecule has 0 unspecified atom stereocenters. The highest BCUT2D eigenvalue weighted by atomic mass is 35.5. The second-order valence-corrected chi connectivity index (χ2v) is 7.38. The number of hydrogen-bond acceptors (Lipinski definition) is 6. The van der Waals surface area contributed by atoms with E-state index in [2.05, 4.69) is 15.4 Å². The van der Waals surface area contributed by atoms with Crippen molar-refractivity contribution in [2.24, 2.45) is 0 Å². The Morgan fingerprint density at radius 2 is 1.84 bits per heavy atom. The number of anilines is 1. The van der Waals surface area contributed by atoms with Gasteiger partial charge in [-0.15, -0.1) is 5.10 Å². The molecule has 0 bridgehead atoms. The van der Waals surface area contributed by atoms with E-state index in [0.717, 1.165) is 16.0 Å². The van der Waals surface area contributed by atoms with Gasteiger partial charge in [-0.2, -0.15) is 0 Å². The molecule has 1 amide bonds. The molecule has 4 aromatic rings. The summed E-state index contributed by atoms with van der Waals surface area (Å²) in [5.41, 5.74) is 1.84. The van der Waals surface area contributed by atoms with Gasteiger partial charge in [-0.05, 0) is 49.4 Å². The van der Waals surface area contributed by atoms with Crippen molar-refractivity contribution in [2.45, 2.75) is 13.5 Å². The van der Waals surface area contributed by atoms with E-state index in [9.17, 15) is 9.59 Å². The minimum absolute atomic E-state index is 0.284. The highest BCUT2D eigenvalue weighted by Gasteiger charge is 2.16. The lowest BCUT2D eigenvalue weighted by Crippen LogP contribution is -2.29. The number of amides is 1. The molecule has 2 heterocycles. The lowest BCUT2D eigenvalue weighted by molar-refractivity contribution is -0.117. The summed E-state index contributed by atoms with van der Waals surface area (Å²) in [6.45, 7) is 1.43. The molecule has 0 saturated carbocycles. The molecule has 4 rings (SSSR count). The monoisotopic (exact) mass is 453 g/mol. The molecule has 0 fully saturated rings. The summed E-state index contributed by atoms with van der Waals surface area (Å²) in [7, 11) is 3.09. The number of benzene rings is 2. The average molecular weight is 454 g/mol. The number of aryl methyl sites for hydroxylation is 1. The molecule has 1 N–H and O–H groups in total. The molecule has 0 saturated heterocycles. The Labute approximate surface area is 188 Å². The van der Waals surface area contributed by atoms with Crippen LogP contribution in [0.2, 0.25) is 5.02 Å². The van der Waals surface area contributed by atoms with Crippen LogP contribution < -0.4 is 20.5 Å². The van der Waals surface area contributed by atoms with Crippen molar-refractivity contribution in [2.75, 3.05) is 19.5 Å². The largest absolute Gasteiger partial charge is 0.497 e. The van der Waals surface area contributed by atoms with Crippen molar-refractivity contribution in [3.63, 3.8) is 0 Å². The highest BCUT2D eigenvalue weighted by Crippen LogP contribution is 2.27. The third kappa shape index (κ3) is 4.15. The van der Waals surface area contributed by atoms with Crippen LogP contribution in [-0.2, 0) is 11.3 Å². The maximum atomic E-state index is 12.8. The van der Waals surface area contributed by atoms with Crippen molar-refractivity contribution < 1.29 is 14.3 Å². The number of rotatable bonds is 6. The second kappa shape index (κ2) is 8.72. The van der Waals surface area contributed by atoms with E-state index >= 15 is 0 Å². The Morgan fingerprint density at radius 1 is 1.09 bits per heavy atom. The third-order valence-electron chi connectivity index (χ3n) is 4.85. The summed E-state index contributed by atoms with van der Waals surface area (Å²) in [4.78, 5) is 29.9. The Hall–Kier alpha value is -3.85. The summed E-state index contributed by atoms with van der Waals surface area (Å²) in [5.74, 6) is 1.20. The number of fused-ring (bicyclic) bond motifs is 1. The number of ether oxygens (including phenoxy) is 2. The molecule has 10 heteroatoms. The van der Waals surface area contributed by atoms with E-state index in [1.54, 1.807) is 38.3 Å². The molecule has 0 atom stereocenters. The average Bonchev–Trinajstić information content (AvgIpc) is 3.09. The SMILES string of the molecule is COc1ccc(-c2cc3nn(CC(=O)Nc4cc(Cl)ccc4OC)c(=O)n3c(C)n2)cc1. The second-order valence-electron chi connectivity index (χ2n) is 6.94.